The molecule has 1 aliphatic rings. The number of amides is 2. The fourth-order valence-electron chi connectivity index (χ4n) is 2.67. The molecule has 3 aromatic rings. The third-order valence-corrected chi connectivity index (χ3v) is 5.55. The third kappa shape index (κ3) is 2.69. The van der Waals surface area contributed by atoms with Gasteiger partial charge in [-0.1, -0.05) is 17.4 Å². The minimum absolute atomic E-state index is 0.0490. The second-order valence-corrected chi connectivity index (χ2v) is 7.08. The lowest BCUT2D eigenvalue weighted by Crippen LogP contribution is -2.41. The average Bonchev–Trinajstić information content (AvgIpc) is 3.24. The summed E-state index contributed by atoms with van der Waals surface area (Å²) in [6, 6.07) is 3.63. The van der Waals surface area contributed by atoms with E-state index >= 15 is 0 Å². The van der Waals surface area contributed by atoms with Crippen LogP contribution in [0.4, 0.5) is 9.93 Å². The molecule has 6 nitrogen and oxygen atoms in total. The molecule has 8 heteroatoms. The van der Waals surface area contributed by atoms with Gasteiger partial charge >= 0.3 is 6.03 Å². The number of thiazole rings is 2. The van der Waals surface area contributed by atoms with Crippen molar-refractivity contribution in [3.63, 3.8) is 0 Å². The van der Waals surface area contributed by atoms with Gasteiger partial charge < -0.3 is 10.1 Å². The van der Waals surface area contributed by atoms with Crippen molar-refractivity contribution in [2.75, 3.05) is 11.9 Å². The van der Waals surface area contributed by atoms with Crippen LogP contribution in [-0.2, 0) is 4.74 Å². The number of benzene rings is 1. The number of nitrogens with zero attached hydrogens (tertiary/aromatic N) is 2. The zero-order valence-corrected chi connectivity index (χ0v) is 13.7. The summed E-state index contributed by atoms with van der Waals surface area (Å²) in [4.78, 5) is 21.0. The second kappa shape index (κ2) is 5.88. The van der Waals surface area contributed by atoms with Crippen molar-refractivity contribution in [1.82, 2.24) is 15.3 Å². The Labute approximate surface area is 140 Å². The maximum absolute atomic E-state index is 12.2. The lowest BCUT2D eigenvalue weighted by molar-refractivity contribution is 0.135. The molecule has 1 aromatic carbocycles. The number of nitrogens with one attached hydrogen (secondary N) is 2. The summed E-state index contributed by atoms with van der Waals surface area (Å²) < 4.78 is 7.58. The molecule has 2 amide bonds. The van der Waals surface area contributed by atoms with E-state index in [2.05, 4.69) is 27.2 Å². The first-order valence-corrected chi connectivity index (χ1v) is 8.88. The molecule has 0 spiro atoms. The fourth-order valence-corrected chi connectivity index (χ4v) is 4.37. The van der Waals surface area contributed by atoms with Gasteiger partial charge in [0.2, 0.25) is 0 Å². The largest absolute Gasteiger partial charge is 0.372 e. The Morgan fingerprint density at radius 1 is 1.48 bits per heavy atom. The van der Waals surface area contributed by atoms with Gasteiger partial charge in [0.1, 0.15) is 5.52 Å². The van der Waals surface area contributed by atoms with Gasteiger partial charge in [-0.3, -0.25) is 5.32 Å². The minimum atomic E-state index is -0.277. The zero-order valence-electron chi connectivity index (χ0n) is 12.1. The van der Waals surface area contributed by atoms with Crippen LogP contribution in [0.5, 0.6) is 0 Å². The van der Waals surface area contributed by atoms with Crippen molar-refractivity contribution >= 4 is 54.3 Å². The van der Waals surface area contributed by atoms with E-state index in [1.165, 1.54) is 11.3 Å². The van der Waals surface area contributed by atoms with Gasteiger partial charge in [-0.25, -0.2) is 14.8 Å². The highest BCUT2D eigenvalue weighted by Crippen LogP contribution is 2.33. The quantitative estimate of drug-likeness (QED) is 0.713. The molecule has 23 heavy (non-hydrogen) atoms. The molecule has 4 rings (SSSR count). The maximum Gasteiger partial charge on any atom is 0.321 e. The van der Waals surface area contributed by atoms with Gasteiger partial charge in [0.15, 0.2) is 5.13 Å². The van der Waals surface area contributed by atoms with E-state index in [0.717, 1.165) is 26.9 Å². The minimum Gasteiger partial charge on any atom is -0.372 e. The summed E-state index contributed by atoms with van der Waals surface area (Å²) in [6.45, 7) is 4.35. The summed E-state index contributed by atoms with van der Waals surface area (Å²) in [6.07, 6.45) is 2.36. The Bertz CT molecular complexity index is 888. The van der Waals surface area contributed by atoms with Gasteiger partial charge in [-0.15, -0.1) is 17.9 Å². The number of ether oxygens (including phenoxy) is 1. The van der Waals surface area contributed by atoms with Gasteiger partial charge in [-0.05, 0) is 18.6 Å². The Kier molecular flexibility index (Phi) is 3.72. The molecule has 1 saturated heterocycles. The maximum atomic E-state index is 12.2. The normalized spacial score (nSPS) is 20.9. The predicted octanol–water partition coefficient (Wildman–Crippen LogP) is 3.37. The molecular weight excluding hydrogens is 332 g/mol. The molecule has 0 bridgehead atoms. The van der Waals surface area contributed by atoms with E-state index in [-0.39, 0.29) is 18.2 Å². The number of carbonyl (C=O) groups is 1. The predicted molar refractivity (Wildman–Crippen MR) is 93.3 cm³/mol. The number of carbonyl (C=O) groups excluding carboxylic acids is 1. The van der Waals surface area contributed by atoms with Crippen molar-refractivity contribution in [1.29, 1.82) is 0 Å². The number of anilines is 1. The van der Waals surface area contributed by atoms with Crippen LogP contribution in [0.3, 0.4) is 0 Å². The van der Waals surface area contributed by atoms with E-state index in [9.17, 15) is 4.79 Å². The summed E-state index contributed by atoms with van der Waals surface area (Å²) in [7, 11) is 0. The molecule has 2 aromatic heterocycles. The van der Waals surface area contributed by atoms with Crippen LogP contribution in [0.15, 0.2) is 30.3 Å². The average molecular weight is 346 g/mol. The van der Waals surface area contributed by atoms with Gasteiger partial charge in [0.05, 0.1) is 32.6 Å². The number of aromatic nitrogens is 2. The van der Waals surface area contributed by atoms with E-state index in [1.54, 1.807) is 17.4 Å². The SMILES string of the molecule is C=C[C@@H]1OCC[C@H]1NC(=O)Nc1nc2ccc3scnc3c2s1. The molecule has 118 valence electrons. The third-order valence-electron chi connectivity index (χ3n) is 3.76. The summed E-state index contributed by atoms with van der Waals surface area (Å²) in [5.74, 6) is 0. The molecule has 1 fully saturated rings. The topological polar surface area (TPSA) is 76.1 Å². The second-order valence-electron chi connectivity index (χ2n) is 5.20. The van der Waals surface area contributed by atoms with Gasteiger partial charge in [0, 0.05) is 6.61 Å². The highest BCUT2D eigenvalue weighted by Gasteiger charge is 2.27. The zero-order chi connectivity index (χ0) is 15.8. The first-order chi connectivity index (χ1) is 11.2. The van der Waals surface area contributed by atoms with Crippen LogP contribution in [0.25, 0.3) is 20.4 Å². The molecule has 0 unspecified atom stereocenters. The highest BCUT2D eigenvalue weighted by molar-refractivity contribution is 7.24. The molecule has 3 heterocycles. The Balaban J connectivity index is 1.53. The van der Waals surface area contributed by atoms with E-state index in [4.69, 9.17) is 4.74 Å². The molecule has 0 saturated carbocycles. The number of rotatable bonds is 3. The van der Waals surface area contributed by atoms with Crippen molar-refractivity contribution < 1.29 is 9.53 Å². The standard InChI is InChI=1S/C15H14N4O2S2/c1-2-10-8(5-6-21-10)17-14(20)19-15-18-9-3-4-11-12(13(9)23-15)16-7-22-11/h2-4,7-8,10H,1,5-6H2,(H2,17,18,19,20)/t8-,10+/m1/s1. The van der Waals surface area contributed by atoms with Gasteiger partial charge in [0.25, 0.3) is 0 Å². The Hall–Kier alpha value is -2.03. The lowest BCUT2D eigenvalue weighted by atomic mass is 10.1. The molecule has 0 radical (unpaired) electrons. The molecule has 0 aliphatic carbocycles. The fraction of sp³-hybridized carbons (Fsp3) is 0.267. The van der Waals surface area contributed by atoms with Crippen LogP contribution >= 0.6 is 22.7 Å². The van der Waals surface area contributed by atoms with Crippen molar-refractivity contribution in [3.8, 4) is 0 Å². The summed E-state index contributed by atoms with van der Waals surface area (Å²) in [5.41, 5.74) is 3.60. The monoisotopic (exact) mass is 346 g/mol. The van der Waals surface area contributed by atoms with Crippen molar-refractivity contribution in [2.24, 2.45) is 0 Å². The van der Waals surface area contributed by atoms with Crippen molar-refractivity contribution in [3.05, 3.63) is 30.3 Å². The van der Waals surface area contributed by atoms with E-state index in [1.807, 2.05) is 17.6 Å². The number of hydrogen-bond acceptors (Lipinski definition) is 6. The number of urea groups is 1. The molecule has 1 aliphatic heterocycles. The van der Waals surface area contributed by atoms with Crippen LogP contribution in [0.2, 0.25) is 0 Å². The van der Waals surface area contributed by atoms with E-state index < -0.39 is 0 Å². The molecule has 2 N–H and O–H groups in total. The Morgan fingerprint density at radius 3 is 3.26 bits per heavy atom. The van der Waals surface area contributed by atoms with E-state index in [0.29, 0.717) is 11.7 Å². The summed E-state index contributed by atoms with van der Waals surface area (Å²) in [5, 5.41) is 6.28. The number of fused-ring (bicyclic) bond motifs is 3. The van der Waals surface area contributed by atoms with Crippen molar-refractivity contribution in [2.45, 2.75) is 18.6 Å². The summed E-state index contributed by atoms with van der Waals surface area (Å²) >= 11 is 3.03. The van der Waals surface area contributed by atoms with Crippen LogP contribution in [-0.4, -0.2) is 34.8 Å². The Morgan fingerprint density at radius 2 is 2.39 bits per heavy atom. The first-order valence-electron chi connectivity index (χ1n) is 7.19. The van der Waals surface area contributed by atoms with Gasteiger partial charge in [-0.2, -0.15) is 0 Å². The van der Waals surface area contributed by atoms with Crippen LogP contribution in [0.1, 0.15) is 6.42 Å². The molecule has 2 atom stereocenters. The smallest absolute Gasteiger partial charge is 0.321 e. The highest BCUT2D eigenvalue weighted by atomic mass is 32.1. The lowest BCUT2D eigenvalue weighted by Gasteiger charge is -2.16. The first kappa shape index (κ1) is 14.6. The van der Waals surface area contributed by atoms with Crippen LogP contribution < -0.4 is 10.6 Å². The van der Waals surface area contributed by atoms with Crippen LogP contribution in [0, 0.1) is 0 Å². The number of hydrogen-bond donors (Lipinski definition) is 2. The molecular formula is C15H14N4O2S2.